The molecule has 0 unspecified atom stereocenters. The summed E-state index contributed by atoms with van der Waals surface area (Å²) < 4.78 is 0. The molecule has 0 atom stereocenters. The maximum absolute atomic E-state index is 11.8. The minimum Gasteiger partial charge on any atom is -0.478 e. The number of benzene rings is 2. The minimum atomic E-state index is -1.16. The number of hydrogen-bond donors (Lipinski definition) is 1. The molecular formula is C17H11N3O4. The highest BCUT2D eigenvalue weighted by molar-refractivity contribution is 6.00. The van der Waals surface area contributed by atoms with Crippen molar-refractivity contribution in [3.05, 3.63) is 76.6 Å². The highest BCUT2D eigenvalue weighted by Gasteiger charge is 2.21. The van der Waals surface area contributed by atoms with Crippen molar-refractivity contribution >= 4 is 11.7 Å². The van der Waals surface area contributed by atoms with Gasteiger partial charge in [0.1, 0.15) is 11.9 Å². The molecule has 118 valence electrons. The van der Waals surface area contributed by atoms with Crippen LogP contribution < -0.4 is 0 Å². The van der Waals surface area contributed by atoms with E-state index >= 15 is 0 Å². The molecule has 0 aliphatic carbocycles. The van der Waals surface area contributed by atoms with Gasteiger partial charge in [0.2, 0.25) is 0 Å². The molecule has 0 saturated carbocycles. The SMILES string of the molecule is O=C(O)c1c(-c2ccccc2)ncnc1-c1ccc([N+](=O)[O-])cc1. The standard InChI is InChI=1S/C17H11N3O4/c21-17(22)14-15(11-4-2-1-3-5-11)18-10-19-16(14)12-6-8-13(9-7-12)20(23)24/h1-10H,(H,21,22). The molecule has 0 aliphatic rings. The van der Waals surface area contributed by atoms with Crippen LogP contribution >= 0.6 is 0 Å². The fourth-order valence-electron chi connectivity index (χ4n) is 2.36. The lowest BCUT2D eigenvalue weighted by Crippen LogP contribution is -2.06. The van der Waals surface area contributed by atoms with Crippen LogP contribution in [-0.2, 0) is 0 Å². The van der Waals surface area contributed by atoms with Gasteiger partial charge in [-0.25, -0.2) is 14.8 Å². The first-order chi connectivity index (χ1) is 11.6. The molecule has 0 aliphatic heterocycles. The summed E-state index contributed by atoms with van der Waals surface area (Å²) >= 11 is 0. The Morgan fingerprint density at radius 2 is 1.46 bits per heavy atom. The van der Waals surface area contributed by atoms with E-state index < -0.39 is 10.9 Å². The van der Waals surface area contributed by atoms with Crippen LogP contribution in [0.3, 0.4) is 0 Å². The number of hydrogen-bond acceptors (Lipinski definition) is 5. The lowest BCUT2D eigenvalue weighted by Gasteiger charge is -2.10. The summed E-state index contributed by atoms with van der Waals surface area (Å²) in [6, 6.07) is 14.5. The second-order valence-corrected chi connectivity index (χ2v) is 4.92. The summed E-state index contributed by atoms with van der Waals surface area (Å²) in [5, 5.41) is 20.4. The van der Waals surface area contributed by atoms with Crippen LogP contribution in [0, 0.1) is 10.1 Å². The van der Waals surface area contributed by atoms with Crippen molar-refractivity contribution in [2.75, 3.05) is 0 Å². The van der Waals surface area contributed by atoms with Crippen LogP contribution in [0.4, 0.5) is 5.69 Å². The summed E-state index contributed by atoms with van der Waals surface area (Å²) in [6.45, 7) is 0. The second kappa shape index (κ2) is 6.25. The normalized spacial score (nSPS) is 10.3. The number of rotatable bonds is 4. The number of aromatic carboxylic acids is 1. The molecule has 3 rings (SSSR count). The molecular weight excluding hydrogens is 310 g/mol. The summed E-state index contributed by atoms with van der Waals surface area (Å²) in [5.74, 6) is -1.16. The zero-order valence-corrected chi connectivity index (χ0v) is 12.3. The maximum Gasteiger partial charge on any atom is 0.340 e. The zero-order chi connectivity index (χ0) is 17.1. The summed E-state index contributed by atoms with van der Waals surface area (Å²) in [5.41, 5.74) is 1.52. The van der Waals surface area contributed by atoms with E-state index in [0.717, 1.165) is 0 Å². The van der Waals surface area contributed by atoms with Crippen LogP contribution in [0.1, 0.15) is 10.4 Å². The molecule has 0 radical (unpaired) electrons. The number of carboxylic acids is 1. The fourth-order valence-corrected chi connectivity index (χ4v) is 2.36. The summed E-state index contributed by atoms with van der Waals surface area (Å²) in [4.78, 5) is 30.2. The Balaban J connectivity index is 2.18. The highest BCUT2D eigenvalue weighted by Crippen LogP contribution is 2.29. The molecule has 0 saturated heterocycles. The van der Waals surface area contributed by atoms with E-state index in [0.29, 0.717) is 16.8 Å². The third-order valence-electron chi connectivity index (χ3n) is 3.46. The van der Waals surface area contributed by atoms with Crippen molar-refractivity contribution in [2.24, 2.45) is 0 Å². The summed E-state index contributed by atoms with van der Waals surface area (Å²) in [7, 11) is 0. The maximum atomic E-state index is 11.8. The third-order valence-corrected chi connectivity index (χ3v) is 3.46. The average Bonchev–Trinajstić information content (AvgIpc) is 2.61. The van der Waals surface area contributed by atoms with E-state index in [1.165, 1.54) is 30.6 Å². The van der Waals surface area contributed by atoms with Gasteiger partial charge in [0.25, 0.3) is 5.69 Å². The monoisotopic (exact) mass is 321 g/mol. The Hall–Kier alpha value is -3.61. The predicted molar refractivity (Wildman–Crippen MR) is 86.5 cm³/mol. The Morgan fingerprint density at radius 3 is 1.96 bits per heavy atom. The molecule has 0 spiro atoms. The van der Waals surface area contributed by atoms with Gasteiger partial charge < -0.3 is 5.11 Å². The number of non-ortho nitro benzene ring substituents is 1. The van der Waals surface area contributed by atoms with Crippen molar-refractivity contribution in [2.45, 2.75) is 0 Å². The van der Waals surface area contributed by atoms with Crippen molar-refractivity contribution in [1.29, 1.82) is 0 Å². The molecule has 0 bridgehead atoms. The zero-order valence-electron chi connectivity index (χ0n) is 12.3. The molecule has 1 heterocycles. The average molecular weight is 321 g/mol. The minimum absolute atomic E-state index is 0.0439. The van der Waals surface area contributed by atoms with E-state index in [1.807, 2.05) is 6.07 Å². The second-order valence-electron chi connectivity index (χ2n) is 4.92. The van der Waals surface area contributed by atoms with Crippen LogP contribution in [0.5, 0.6) is 0 Å². The number of aromatic nitrogens is 2. The van der Waals surface area contributed by atoms with Gasteiger partial charge in [-0.15, -0.1) is 0 Å². The van der Waals surface area contributed by atoms with E-state index in [4.69, 9.17) is 0 Å². The topological polar surface area (TPSA) is 106 Å². The van der Waals surface area contributed by atoms with E-state index in [1.54, 1.807) is 24.3 Å². The van der Waals surface area contributed by atoms with Gasteiger partial charge in [-0.05, 0) is 12.1 Å². The quantitative estimate of drug-likeness (QED) is 0.583. The first-order valence-corrected chi connectivity index (χ1v) is 6.96. The Bertz CT molecular complexity index is 909. The van der Waals surface area contributed by atoms with E-state index in [2.05, 4.69) is 9.97 Å². The van der Waals surface area contributed by atoms with Gasteiger partial charge in [0, 0.05) is 23.3 Å². The summed E-state index contributed by atoms with van der Waals surface area (Å²) in [6.07, 6.45) is 1.28. The van der Waals surface area contributed by atoms with Crippen molar-refractivity contribution in [3.63, 3.8) is 0 Å². The Morgan fingerprint density at radius 1 is 0.917 bits per heavy atom. The van der Waals surface area contributed by atoms with Crippen molar-refractivity contribution < 1.29 is 14.8 Å². The van der Waals surface area contributed by atoms with Gasteiger partial charge in [0.05, 0.1) is 16.3 Å². The lowest BCUT2D eigenvalue weighted by atomic mass is 10.00. The smallest absolute Gasteiger partial charge is 0.340 e. The molecule has 7 nitrogen and oxygen atoms in total. The molecule has 7 heteroatoms. The number of nitrogens with zero attached hydrogens (tertiary/aromatic N) is 3. The van der Waals surface area contributed by atoms with E-state index in [9.17, 15) is 20.0 Å². The fraction of sp³-hybridized carbons (Fsp3) is 0. The number of nitro benzene ring substituents is 1. The number of nitro groups is 1. The molecule has 3 aromatic rings. The lowest BCUT2D eigenvalue weighted by molar-refractivity contribution is -0.384. The Labute approximate surface area is 136 Å². The predicted octanol–water partition coefficient (Wildman–Crippen LogP) is 3.42. The van der Waals surface area contributed by atoms with Crippen LogP contribution in [0.15, 0.2) is 60.9 Å². The van der Waals surface area contributed by atoms with Gasteiger partial charge in [-0.2, -0.15) is 0 Å². The third kappa shape index (κ3) is 2.82. The Kier molecular flexibility index (Phi) is 3.98. The number of carboxylic acid groups (broad SMARTS) is 1. The van der Waals surface area contributed by atoms with Crippen LogP contribution in [0.25, 0.3) is 22.5 Å². The largest absolute Gasteiger partial charge is 0.478 e. The van der Waals surface area contributed by atoms with Crippen molar-refractivity contribution in [1.82, 2.24) is 9.97 Å². The van der Waals surface area contributed by atoms with Gasteiger partial charge in [0.15, 0.2) is 0 Å². The first-order valence-electron chi connectivity index (χ1n) is 6.96. The van der Waals surface area contributed by atoms with E-state index in [-0.39, 0.29) is 16.9 Å². The first kappa shape index (κ1) is 15.3. The molecule has 0 fully saturated rings. The molecule has 1 N–H and O–H groups in total. The van der Waals surface area contributed by atoms with Crippen LogP contribution in [-0.4, -0.2) is 26.0 Å². The van der Waals surface area contributed by atoms with Gasteiger partial charge in [-0.1, -0.05) is 30.3 Å². The molecule has 1 aromatic heterocycles. The molecule has 24 heavy (non-hydrogen) atoms. The van der Waals surface area contributed by atoms with Gasteiger partial charge >= 0.3 is 5.97 Å². The van der Waals surface area contributed by atoms with Crippen molar-refractivity contribution in [3.8, 4) is 22.5 Å². The van der Waals surface area contributed by atoms with Gasteiger partial charge in [-0.3, -0.25) is 10.1 Å². The molecule has 2 aromatic carbocycles. The molecule has 0 amide bonds. The van der Waals surface area contributed by atoms with Crippen LogP contribution in [0.2, 0.25) is 0 Å². The number of carbonyl (C=O) groups is 1. The highest BCUT2D eigenvalue weighted by atomic mass is 16.6.